The average molecular weight is 296 g/mol. The van der Waals surface area contributed by atoms with Crippen LogP contribution in [0.15, 0.2) is 29.2 Å². The highest BCUT2D eigenvalue weighted by atomic mass is 32.2. The van der Waals surface area contributed by atoms with E-state index in [-0.39, 0.29) is 11.0 Å². The monoisotopic (exact) mass is 296 g/mol. The second-order valence-corrected chi connectivity index (χ2v) is 8.55. The van der Waals surface area contributed by atoms with Crippen molar-refractivity contribution in [1.82, 2.24) is 10.0 Å². The Morgan fingerprint density at radius 3 is 2.25 bits per heavy atom. The SMILES string of the molecule is CC1(NS(=O)(=O)c2ccc(C(C)(C)C)cc2)CCNC1. The number of hydrogen-bond acceptors (Lipinski definition) is 3. The molecule has 1 aliphatic heterocycles. The Labute approximate surface area is 122 Å². The van der Waals surface area contributed by atoms with Gasteiger partial charge in [-0.15, -0.1) is 0 Å². The third kappa shape index (κ3) is 3.40. The first kappa shape index (κ1) is 15.5. The lowest BCUT2D eigenvalue weighted by molar-refractivity contribution is 0.452. The zero-order chi connectivity index (χ0) is 15.0. The number of benzene rings is 1. The molecule has 0 spiro atoms. The van der Waals surface area contributed by atoms with E-state index in [1.807, 2.05) is 19.1 Å². The van der Waals surface area contributed by atoms with Gasteiger partial charge in [-0.2, -0.15) is 0 Å². The second-order valence-electron chi connectivity index (χ2n) is 6.87. The van der Waals surface area contributed by atoms with Crippen LogP contribution in [0.2, 0.25) is 0 Å². The van der Waals surface area contributed by atoms with Crippen molar-refractivity contribution in [1.29, 1.82) is 0 Å². The fraction of sp³-hybridized carbons (Fsp3) is 0.600. The summed E-state index contributed by atoms with van der Waals surface area (Å²) in [5, 5.41) is 3.19. The molecule has 1 heterocycles. The van der Waals surface area contributed by atoms with Gasteiger partial charge in [-0.25, -0.2) is 13.1 Å². The number of hydrogen-bond donors (Lipinski definition) is 2. The lowest BCUT2D eigenvalue weighted by Crippen LogP contribution is -2.47. The molecule has 0 bridgehead atoms. The summed E-state index contributed by atoms with van der Waals surface area (Å²) in [6.07, 6.45) is 0.812. The Hall–Kier alpha value is -0.910. The zero-order valence-electron chi connectivity index (χ0n) is 12.7. The van der Waals surface area contributed by atoms with Gasteiger partial charge in [0, 0.05) is 12.1 Å². The zero-order valence-corrected chi connectivity index (χ0v) is 13.5. The molecular formula is C15H24N2O2S. The molecule has 1 unspecified atom stereocenters. The van der Waals surface area contributed by atoms with E-state index in [1.165, 1.54) is 0 Å². The molecule has 4 nitrogen and oxygen atoms in total. The maximum Gasteiger partial charge on any atom is 0.241 e. The largest absolute Gasteiger partial charge is 0.315 e. The molecule has 0 aliphatic carbocycles. The molecule has 0 saturated carbocycles. The van der Waals surface area contributed by atoms with Crippen LogP contribution < -0.4 is 10.0 Å². The maximum absolute atomic E-state index is 12.4. The smallest absolute Gasteiger partial charge is 0.241 e. The van der Waals surface area contributed by atoms with Crippen LogP contribution in [0.1, 0.15) is 39.7 Å². The van der Waals surface area contributed by atoms with Gasteiger partial charge in [0.05, 0.1) is 4.90 Å². The van der Waals surface area contributed by atoms with Crippen molar-refractivity contribution in [3.63, 3.8) is 0 Å². The van der Waals surface area contributed by atoms with Gasteiger partial charge in [0.15, 0.2) is 0 Å². The van der Waals surface area contributed by atoms with E-state index in [4.69, 9.17) is 0 Å². The van der Waals surface area contributed by atoms with Gasteiger partial charge in [0.1, 0.15) is 0 Å². The van der Waals surface area contributed by atoms with Crippen LogP contribution in [0.25, 0.3) is 0 Å². The molecule has 2 N–H and O–H groups in total. The molecule has 1 aromatic carbocycles. The Morgan fingerprint density at radius 2 is 1.80 bits per heavy atom. The topological polar surface area (TPSA) is 58.2 Å². The summed E-state index contributed by atoms with van der Waals surface area (Å²) >= 11 is 0. The minimum Gasteiger partial charge on any atom is -0.315 e. The minimum absolute atomic E-state index is 0.0249. The molecule has 0 radical (unpaired) electrons. The highest BCUT2D eigenvalue weighted by Crippen LogP contribution is 2.24. The summed E-state index contributed by atoms with van der Waals surface area (Å²) in [6, 6.07) is 7.16. The summed E-state index contributed by atoms with van der Waals surface area (Å²) in [7, 11) is -3.45. The molecule has 0 amide bonds. The molecule has 1 atom stereocenters. The Morgan fingerprint density at radius 1 is 1.20 bits per heavy atom. The first-order chi connectivity index (χ1) is 9.12. The van der Waals surface area contributed by atoms with E-state index in [9.17, 15) is 8.42 Å². The molecule has 1 aliphatic rings. The maximum atomic E-state index is 12.4. The van der Waals surface area contributed by atoms with Crippen LogP contribution in [-0.2, 0) is 15.4 Å². The normalized spacial score (nSPS) is 24.0. The van der Waals surface area contributed by atoms with Crippen molar-refractivity contribution in [2.75, 3.05) is 13.1 Å². The molecule has 1 fully saturated rings. The molecule has 112 valence electrons. The molecule has 20 heavy (non-hydrogen) atoms. The van der Waals surface area contributed by atoms with Crippen molar-refractivity contribution in [3.05, 3.63) is 29.8 Å². The van der Waals surface area contributed by atoms with Gasteiger partial charge < -0.3 is 5.32 Å². The number of rotatable bonds is 3. The second kappa shape index (κ2) is 5.13. The van der Waals surface area contributed by atoms with Crippen molar-refractivity contribution in [2.45, 2.75) is 50.0 Å². The standard InChI is InChI=1S/C15H24N2O2S/c1-14(2,3)12-5-7-13(8-6-12)20(18,19)17-15(4)9-10-16-11-15/h5-8,16-17H,9-11H2,1-4H3. The minimum atomic E-state index is -3.45. The Bertz CT molecular complexity index is 565. The van der Waals surface area contributed by atoms with Gasteiger partial charge in [-0.05, 0) is 43.0 Å². The van der Waals surface area contributed by atoms with E-state index < -0.39 is 10.0 Å². The van der Waals surface area contributed by atoms with Gasteiger partial charge in [0.2, 0.25) is 10.0 Å². The third-order valence-corrected chi connectivity index (χ3v) is 5.43. The van der Waals surface area contributed by atoms with Crippen LogP contribution >= 0.6 is 0 Å². The van der Waals surface area contributed by atoms with Gasteiger partial charge >= 0.3 is 0 Å². The van der Waals surface area contributed by atoms with E-state index in [0.717, 1.165) is 18.5 Å². The summed E-state index contributed by atoms with van der Waals surface area (Å²) in [4.78, 5) is 0.332. The van der Waals surface area contributed by atoms with Crippen LogP contribution in [0.3, 0.4) is 0 Å². The van der Waals surface area contributed by atoms with E-state index in [1.54, 1.807) is 12.1 Å². The predicted octanol–water partition coefficient (Wildman–Crippen LogP) is 2.01. The fourth-order valence-electron chi connectivity index (χ4n) is 2.42. The predicted molar refractivity (Wildman–Crippen MR) is 81.4 cm³/mol. The molecule has 0 aromatic heterocycles. The van der Waals surface area contributed by atoms with Crippen molar-refractivity contribution in [3.8, 4) is 0 Å². The lowest BCUT2D eigenvalue weighted by atomic mass is 9.87. The van der Waals surface area contributed by atoms with Crippen LogP contribution in [0.5, 0.6) is 0 Å². The van der Waals surface area contributed by atoms with Crippen molar-refractivity contribution >= 4 is 10.0 Å². The highest BCUT2D eigenvalue weighted by molar-refractivity contribution is 7.89. The lowest BCUT2D eigenvalue weighted by Gasteiger charge is -2.24. The van der Waals surface area contributed by atoms with Crippen molar-refractivity contribution in [2.24, 2.45) is 0 Å². The average Bonchev–Trinajstić information content (AvgIpc) is 2.74. The highest BCUT2D eigenvalue weighted by Gasteiger charge is 2.33. The third-order valence-electron chi connectivity index (χ3n) is 3.78. The first-order valence-electron chi connectivity index (χ1n) is 6.98. The van der Waals surface area contributed by atoms with E-state index in [2.05, 4.69) is 30.8 Å². The number of sulfonamides is 1. The van der Waals surface area contributed by atoms with Crippen LogP contribution in [-0.4, -0.2) is 27.0 Å². The van der Waals surface area contributed by atoms with Crippen LogP contribution in [0, 0.1) is 0 Å². The first-order valence-corrected chi connectivity index (χ1v) is 8.46. The molecular weight excluding hydrogens is 272 g/mol. The van der Waals surface area contributed by atoms with Crippen LogP contribution in [0.4, 0.5) is 0 Å². The quantitative estimate of drug-likeness (QED) is 0.897. The van der Waals surface area contributed by atoms with E-state index >= 15 is 0 Å². The van der Waals surface area contributed by atoms with E-state index in [0.29, 0.717) is 11.4 Å². The Balaban J connectivity index is 2.22. The summed E-state index contributed by atoms with van der Waals surface area (Å²) < 4.78 is 27.6. The summed E-state index contributed by atoms with van der Waals surface area (Å²) in [5.74, 6) is 0. The fourth-order valence-corrected chi connectivity index (χ4v) is 3.86. The summed E-state index contributed by atoms with van der Waals surface area (Å²) in [5.41, 5.74) is 0.767. The molecule has 2 rings (SSSR count). The molecule has 1 saturated heterocycles. The van der Waals surface area contributed by atoms with Gasteiger partial charge in [-0.1, -0.05) is 32.9 Å². The van der Waals surface area contributed by atoms with Crippen molar-refractivity contribution < 1.29 is 8.42 Å². The van der Waals surface area contributed by atoms with Gasteiger partial charge in [0.25, 0.3) is 0 Å². The van der Waals surface area contributed by atoms with Gasteiger partial charge in [-0.3, -0.25) is 0 Å². The number of nitrogens with one attached hydrogen (secondary N) is 2. The molecule has 1 aromatic rings. The Kier molecular flexibility index (Phi) is 3.97. The molecule has 5 heteroatoms. The summed E-state index contributed by atoms with van der Waals surface area (Å²) in [6.45, 7) is 9.79.